The van der Waals surface area contributed by atoms with E-state index in [4.69, 9.17) is 5.73 Å². The fraction of sp³-hybridized carbons (Fsp3) is 1.00. The maximum absolute atomic E-state index is 9.27. The van der Waals surface area contributed by atoms with Crippen LogP contribution in [0, 0.1) is 5.92 Å². The quantitative estimate of drug-likeness (QED) is 0.671. The van der Waals surface area contributed by atoms with Crippen molar-refractivity contribution in [1.29, 1.82) is 0 Å². The molecule has 0 aliphatic carbocycles. The van der Waals surface area contributed by atoms with Crippen molar-refractivity contribution >= 4 is 0 Å². The molecule has 0 aromatic heterocycles. The van der Waals surface area contributed by atoms with Crippen LogP contribution < -0.4 is 11.1 Å². The molecule has 4 N–H and O–H groups in total. The van der Waals surface area contributed by atoms with Gasteiger partial charge in [-0.25, -0.2) is 0 Å². The second kappa shape index (κ2) is 5.45. The number of nitrogens with one attached hydrogen (secondary N) is 1. The Labute approximate surface area is 111 Å². The van der Waals surface area contributed by atoms with Gasteiger partial charge in [-0.05, 0) is 45.6 Å². The van der Waals surface area contributed by atoms with E-state index in [1.807, 2.05) is 0 Å². The van der Waals surface area contributed by atoms with Gasteiger partial charge in [0.05, 0.1) is 0 Å². The number of fused-ring (bicyclic) bond motifs is 2. The summed E-state index contributed by atoms with van der Waals surface area (Å²) >= 11 is 0. The maximum atomic E-state index is 9.27. The van der Waals surface area contributed by atoms with E-state index in [9.17, 15) is 5.11 Å². The normalized spacial score (nSPS) is 39.8. The Morgan fingerprint density at radius 3 is 2.33 bits per heavy atom. The van der Waals surface area contributed by atoms with Gasteiger partial charge in [0.15, 0.2) is 0 Å². The third-order valence-corrected chi connectivity index (χ3v) is 5.30. The second-order valence-corrected chi connectivity index (χ2v) is 6.54. The van der Waals surface area contributed by atoms with Crippen molar-refractivity contribution in [3.8, 4) is 0 Å². The van der Waals surface area contributed by atoms with E-state index in [1.54, 1.807) is 0 Å². The van der Waals surface area contributed by atoms with Crippen LogP contribution in [0.2, 0.25) is 0 Å². The fourth-order valence-corrected chi connectivity index (χ4v) is 3.69. The SMILES string of the molecule is CC(CO)C(C)NC1(CN)CC2CCC(C1)N2C. The average molecular weight is 255 g/mol. The first kappa shape index (κ1) is 14.3. The van der Waals surface area contributed by atoms with Crippen molar-refractivity contribution in [1.82, 2.24) is 10.2 Å². The number of nitrogens with two attached hydrogens (primary N) is 1. The second-order valence-electron chi connectivity index (χ2n) is 6.54. The monoisotopic (exact) mass is 255 g/mol. The number of aliphatic hydroxyl groups excluding tert-OH is 1. The van der Waals surface area contributed by atoms with E-state index in [0.29, 0.717) is 24.7 Å². The zero-order chi connectivity index (χ0) is 13.3. The number of aliphatic hydroxyl groups is 1. The third kappa shape index (κ3) is 2.57. The molecule has 4 unspecified atom stereocenters. The van der Waals surface area contributed by atoms with Gasteiger partial charge in [-0.3, -0.25) is 0 Å². The first-order chi connectivity index (χ1) is 8.51. The van der Waals surface area contributed by atoms with Crippen LogP contribution in [0.15, 0.2) is 0 Å². The molecular weight excluding hydrogens is 226 g/mol. The van der Waals surface area contributed by atoms with E-state index in [1.165, 1.54) is 12.8 Å². The van der Waals surface area contributed by atoms with E-state index in [-0.39, 0.29) is 18.1 Å². The fourth-order valence-electron chi connectivity index (χ4n) is 3.69. The van der Waals surface area contributed by atoms with Crippen molar-refractivity contribution in [3.63, 3.8) is 0 Å². The van der Waals surface area contributed by atoms with Crippen LogP contribution in [-0.4, -0.2) is 53.9 Å². The summed E-state index contributed by atoms with van der Waals surface area (Å²) in [5.74, 6) is 0.283. The molecular formula is C14H29N3O. The Balaban J connectivity index is 2.04. The van der Waals surface area contributed by atoms with E-state index in [2.05, 4.69) is 31.1 Å². The van der Waals surface area contributed by atoms with Gasteiger partial charge in [0, 0.05) is 36.8 Å². The van der Waals surface area contributed by atoms with Crippen molar-refractivity contribution in [2.45, 2.75) is 63.2 Å². The molecule has 18 heavy (non-hydrogen) atoms. The number of hydrogen-bond donors (Lipinski definition) is 3. The lowest BCUT2D eigenvalue weighted by Gasteiger charge is -2.47. The Bertz CT molecular complexity index is 270. The molecule has 2 aliphatic rings. The zero-order valence-corrected chi connectivity index (χ0v) is 12.0. The highest BCUT2D eigenvalue weighted by Crippen LogP contribution is 2.39. The Morgan fingerprint density at radius 2 is 1.89 bits per heavy atom. The first-order valence-electron chi connectivity index (χ1n) is 7.32. The maximum Gasteiger partial charge on any atom is 0.0471 e. The smallest absolute Gasteiger partial charge is 0.0471 e. The number of rotatable bonds is 5. The summed E-state index contributed by atoms with van der Waals surface area (Å²) in [5.41, 5.74) is 6.17. The standard InChI is InChI=1S/C14H29N3O/c1-10(8-18)11(2)16-14(9-15)6-12-4-5-13(7-14)17(12)3/h10-13,16,18H,4-9,15H2,1-3H3. The molecule has 2 fully saturated rings. The molecule has 2 aliphatic heterocycles. The van der Waals surface area contributed by atoms with Gasteiger partial charge >= 0.3 is 0 Å². The van der Waals surface area contributed by atoms with Crippen LogP contribution in [0.25, 0.3) is 0 Å². The molecule has 0 spiro atoms. The molecule has 2 heterocycles. The minimum Gasteiger partial charge on any atom is -0.396 e. The molecule has 4 heteroatoms. The van der Waals surface area contributed by atoms with Gasteiger partial charge in [-0.15, -0.1) is 0 Å². The average Bonchev–Trinajstić information content (AvgIpc) is 2.61. The minimum absolute atomic E-state index is 0.0845. The van der Waals surface area contributed by atoms with Crippen molar-refractivity contribution < 1.29 is 5.11 Å². The Hall–Kier alpha value is -0.160. The molecule has 2 saturated heterocycles. The molecule has 2 rings (SSSR count). The number of piperidine rings is 1. The van der Waals surface area contributed by atoms with Gasteiger partial charge in [0.2, 0.25) is 0 Å². The summed E-state index contributed by atoms with van der Waals surface area (Å²) < 4.78 is 0. The van der Waals surface area contributed by atoms with Gasteiger partial charge in [0.25, 0.3) is 0 Å². The lowest BCUT2D eigenvalue weighted by molar-refractivity contribution is 0.0769. The Kier molecular flexibility index (Phi) is 4.32. The zero-order valence-electron chi connectivity index (χ0n) is 12.0. The highest BCUT2D eigenvalue weighted by Gasteiger charge is 2.46. The molecule has 0 saturated carbocycles. The molecule has 4 nitrogen and oxygen atoms in total. The molecule has 0 radical (unpaired) electrons. The predicted molar refractivity (Wildman–Crippen MR) is 74.4 cm³/mol. The van der Waals surface area contributed by atoms with Crippen LogP contribution in [-0.2, 0) is 0 Å². The summed E-state index contributed by atoms with van der Waals surface area (Å²) in [6.45, 7) is 5.20. The van der Waals surface area contributed by atoms with Crippen LogP contribution in [0.3, 0.4) is 0 Å². The topological polar surface area (TPSA) is 61.5 Å². The summed E-state index contributed by atoms with van der Waals surface area (Å²) in [6, 6.07) is 1.70. The van der Waals surface area contributed by atoms with Gasteiger partial charge < -0.3 is 21.1 Å². The van der Waals surface area contributed by atoms with Gasteiger partial charge in [-0.2, -0.15) is 0 Å². The van der Waals surface area contributed by atoms with Gasteiger partial charge in [-0.1, -0.05) is 6.92 Å². The molecule has 0 aromatic rings. The third-order valence-electron chi connectivity index (χ3n) is 5.30. The minimum atomic E-state index is 0.0845. The largest absolute Gasteiger partial charge is 0.396 e. The van der Waals surface area contributed by atoms with Crippen molar-refractivity contribution in [2.24, 2.45) is 11.7 Å². The van der Waals surface area contributed by atoms with Crippen molar-refractivity contribution in [3.05, 3.63) is 0 Å². The first-order valence-corrected chi connectivity index (χ1v) is 7.32. The van der Waals surface area contributed by atoms with Crippen LogP contribution >= 0.6 is 0 Å². The summed E-state index contributed by atoms with van der Waals surface area (Å²) in [5, 5.41) is 13.0. The van der Waals surface area contributed by atoms with E-state index >= 15 is 0 Å². The van der Waals surface area contributed by atoms with Crippen LogP contribution in [0.4, 0.5) is 0 Å². The molecule has 4 atom stereocenters. The predicted octanol–water partition coefficient (Wildman–Crippen LogP) is 0.547. The van der Waals surface area contributed by atoms with Crippen LogP contribution in [0.1, 0.15) is 39.5 Å². The number of nitrogens with zero attached hydrogens (tertiary/aromatic N) is 1. The molecule has 2 bridgehead atoms. The highest BCUT2D eigenvalue weighted by atomic mass is 16.3. The van der Waals surface area contributed by atoms with Crippen LogP contribution in [0.5, 0.6) is 0 Å². The van der Waals surface area contributed by atoms with E-state index in [0.717, 1.165) is 12.8 Å². The Morgan fingerprint density at radius 1 is 1.33 bits per heavy atom. The highest BCUT2D eigenvalue weighted by molar-refractivity contribution is 5.06. The van der Waals surface area contributed by atoms with E-state index < -0.39 is 0 Å². The van der Waals surface area contributed by atoms with Gasteiger partial charge in [0.1, 0.15) is 0 Å². The summed E-state index contributed by atoms with van der Waals surface area (Å²) in [6.07, 6.45) is 4.93. The molecule has 0 amide bonds. The summed E-state index contributed by atoms with van der Waals surface area (Å²) in [4.78, 5) is 2.54. The number of hydrogen-bond acceptors (Lipinski definition) is 4. The molecule has 106 valence electrons. The lowest BCUT2D eigenvalue weighted by Crippen LogP contribution is -2.63. The molecule has 0 aromatic carbocycles. The van der Waals surface area contributed by atoms with Crippen molar-refractivity contribution in [2.75, 3.05) is 20.2 Å². The summed E-state index contributed by atoms with van der Waals surface area (Å²) in [7, 11) is 2.25. The lowest BCUT2D eigenvalue weighted by atomic mass is 9.81.